The number of nitrogens with zero attached hydrogens (tertiary/aromatic N) is 3. The maximum atomic E-state index is 12.9. The third-order valence-electron chi connectivity index (χ3n) is 5.49. The van der Waals surface area contributed by atoms with Crippen molar-refractivity contribution in [3.63, 3.8) is 0 Å². The van der Waals surface area contributed by atoms with Crippen molar-refractivity contribution in [2.24, 2.45) is 5.73 Å². The van der Waals surface area contributed by atoms with Crippen molar-refractivity contribution >= 4 is 16.6 Å². The third kappa shape index (κ3) is 2.81. The fraction of sp³-hybridized carbons (Fsp3) is 0.579. The molecule has 128 valence electrons. The molecule has 2 N–H and O–H groups in total. The van der Waals surface area contributed by atoms with E-state index in [0.29, 0.717) is 0 Å². The maximum Gasteiger partial charge on any atom is 0.275 e. The highest BCUT2D eigenvalue weighted by atomic mass is 16.1. The summed E-state index contributed by atoms with van der Waals surface area (Å²) in [6, 6.07) is 8.33. The van der Waals surface area contributed by atoms with E-state index >= 15 is 0 Å². The van der Waals surface area contributed by atoms with Crippen LogP contribution in [0.3, 0.4) is 0 Å². The van der Waals surface area contributed by atoms with E-state index in [1.54, 1.807) is 4.68 Å². The Bertz CT molecular complexity index is 779. The molecule has 0 bridgehead atoms. The van der Waals surface area contributed by atoms with Crippen LogP contribution in [0.15, 0.2) is 29.1 Å². The molecule has 2 fully saturated rings. The summed E-state index contributed by atoms with van der Waals surface area (Å²) in [5.41, 5.74) is 6.31. The first kappa shape index (κ1) is 15.6. The highest BCUT2D eigenvalue weighted by Crippen LogP contribution is 2.30. The highest BCUT2D eigenvalue weighted by molar-refractivity contribution is 5.91. The summed E-state index contributed by atoms with van der Waals surface area (Å²) in [5.74, 6) is 0.939. The van der Waals surface area contributed by atoms with Gasteiger partial charge in [-0.2, -0.15) is 5.10 Å². The molecule has 1 aliphatic heterocycles. The van der Waals surface area contributed by atoms with Crippen LogP contribution in [-0.2, 0) is 0 Å². The van der Waals surface area contributed by atoms with Gasteiger partial charge < -0.3 is 10.6 Å². The zero-order chi connectivity index (χ0) is 16.5. The van der Waals surface area contributed by atoms with Crippen molar-refractivity contribution in [3.05, 3.63) is 34.6 Å². The third-order valence-corrected chi connectivity index (χ3v) is 5.49. The standard InChI is InChI=1S/C19H26N4O/c20-14-7-5-6-12-22(13-14)18-16-10-3-4-11-17(16)19(24)23(21-18)15-8-1-2-9-15/h3-4,10-11,14-15H,1-2,5-9,12-13,20H2. The number of benzene rings is 1. The SMILES string of the molecule is NC1CCCCN(c2nn(C3CCCC3)c(=O)c3ccccc23)C1. The van der Waals surface area contributed by atoms with E-state index in [1.807, 2.05) is 24.3 Å². The van der Waals surface area contributed by atoms with Crippen molar-refractivity contribution in [1.82, 2.24) is 9.78 Å². The summed E-state index contributed by atoms with van der Waals surface area (Å²) in [4.78, 5) is 15.2. The van der Waals surface area contributed by atoms with Crippen LogP contribution in [-0.4, -0.2) is 28.9 Å². The van der Waals surface area contributed by atoms with Crippen molar-refractivity contribution in [3.8, 4) is 0 Å². The fourth-order valence-electron chi connectivity index (χ4n) is 4.19. The molecular formula is C19H26N4O. The maximum absolute atomic E-state index is 12.9. The molecule has 4 rings (SSSR count). The molecule has 5 heteroatoms. The summed E-state index contributed by atoms with van der Waals surface area (Å²) in [7, 11) is 0. The lowest BCUT2D eigenvalue weighted by molar-refractivity contribution is 0.446. The largest absolute Gasteiger partial charge is 0.353 e. The molecule has 24 heavy (non-hydrogen) atoms. The van der Waals surface area contributed by atoms with Crippen LogP contribution < -0.4 is 16.2 Å². The fourth-order valence-corrected chi connectivity index (χ4v) is 4.19. The molecule has 0 amide bonds. The highest BCUT2D eigenvalue weighted by Gasteiger charge is 2.24. The van der Waals surface area contributed by atoms with Crippen LogP contribution in [0.4, 0.5) is 5.82 Å². The smallest absolute Gasteiger partial charge is 0.275 e. The van der Waals surface area contributed by atoms with Gasteiger partial charge in [0.05, 0.1) is 11.4 Å². The minimum Gasteiger partial charge on any atom is -0.353 e. The molecule has 1 saturated carbocycles. The van der Waals surface area contributed by atoms with Crippen LogP contribution in [0.25, 0.3) is 10.8 Å². The molecule has 1 aliphatic carbocycles. The quantitative estimate of drug-likeness (QED) is 0.922. The molecule has 1 unspecified atom stereocenters. The van der Waals surface area contributed by atoms with Crippen LogP contribution >= 0.6 is 0 Å². The topological polar surface area (TPSA) is 64.2 Å². The molecular weight excluding hydrogens is 300 g/mol. The number of rotatable bonds is 2. The van der Waals surface area contributed by atoms with Gasteiger partial charge in [-0.05, 0) is 31.7 Å². The Balaban J connectivity index is 1.86. The van der Waals surface area contributed by atoms with E-state index < -0.39 is 0 Å². The van der Waals surface area contributed by atoms with E-state index in [2.05, 4.69) is 4.90 Å². The zero-order valence-corrected chi connectivity index (χ0v) is 14.2. The monoisotopic (exact) mass is 326 g/mol. The van der Waals surface area contributed by atoms with Gasteiger partial charge in [-0.25, -0.2) is 4.68 Å². The van der Waals surface area contributed by atoms with Crippen molar-refractivity contribution in [2.75, 3.05) is 18.0 Å². The Morgan fingerprint density at radius 3 is 2.50 bits per heavy atom. The number of anilines is 1. The van der Waals surface area contributed by atoms with Gasteiger partial charge >= 0.3 is 0 Å². The van der Waals surface area contributed by atoms with Crippen molar-refractivity contribution in [2.45, 2.75) is 57.0 Å². The number of hydrogen-bond donors (Lipinski definition) is 1. The summed E-state index contributed by atoms with van der Waals surface area (Å²) in [5, 5.41) is 6.60. The Kier molecular flexibility index (Phi) is 4.27. The lowest BCUT2D eigenvalue weighted by Crippen LogP contribution is -2.38. The van der Waals surface area contributed by atoms with E-state index in [0.717, 1.165) is 61.8 Å². The van der Waals surface area contributed by atoms with Crippen LogP contribution in [0.5, 0.6) is 0 Å². The molecule has 1 aromatic carbocycles. The molecule has 2 aliphatic rings. The Hall–Kier alpha value is -1.88. The number of aromatic nitrogens is 2. The summed E-state index contributed by atoms with van der Waals surface area (Å²) >= 11 is 0. The van der Waals surface area contributed by atoms with E-state index in [1.165, 1.54) is 12.8 Å². The molecule has 2 aromatic rings. The molecule has 0 spiro atoms. The van der Waals surface area contributed by atoms with Gasteiger partial charge in [0.2, 0.25) is 0 Å². The van der Waals surface area contributed by atoms with Crippen LogP contribution in [0.1, 0.15) is 51.0 Å². The summed E-state index contributed by atoms with van der Waals surface area (Å²) < 4.78 is 1.76. The van der Waals surface area contributed by atoms with E-state index in [4.69, 9.17) is 10.8 Å². The summed E-state index contributed by atoms with van der Waals surface area (Å²) in [6.45, 7) is 1.79. The Morgan fingerprint density at radius 2 is 1.71 bits per heavy atom. The second-order valence-electron chi connectivity index (χ2n) is 7.26. The first-order valence-electron chi connectivity index (χ1n) is 9.26. The van der Waals surface area contributed by atoms with Crippen LogP contribution in [0, 0.1) is 0 Å². The van der Waals surface area contributed by atoms with Gasteiger partial charge in [0.1, 0.15) is 0 Å². The molecule has 2 heterocycles. The van der Waals surface area contributed by atoms with E-state index in [-0.39, 0.29) is 17.6 Å². The summed E-state index contributed by atoms with van der Waals surface area (Å²) in [6.07, 6.45) is 7.86. The molecule has 1 atom stereocenters. The molecule has 1 aromatic heterocycles. The van der Waals surface area contributed by atoms with Crippen molar-refractivity contribution in [1.29, 1.82) is 0 Å². The van der Waals surface area contributed by atoms with Gasteiger partial charge in [0, 0.05) is 24.5 Å². The van der Waals surface area contributed by atoms with Gasteiger partial charge in [-0.3, -0.25) is 4.79 Å². The lowest BCUT2D eigenvalue weighted by Gasteiger charge is -2.26. The molecule has 5 nitrogen and oxygen atoms in total. The first-order chi connectivity index (χ1) is 11.7. The average Bonchev–Trinajstić information content (AvgIpc) is 3.04. The molecule has 1 saturated heterocycles. The van der Waals surface area contributed by atoms with Gasteiger partial charge in [0.15, 0.2) is 5.82 Å². The minimum absolute atomic E-state index is 0.0559. The van der Waals surface area contributed by atoms with Gasteiger partial charge in [-0.1, -0.05) is 37.5 Å². The van der Waals surface area contributed by atoms with Gasteiger partial charge in [0.25, 0.3) is 5.56 Å². The van der Waals surface area contributed by atoms with Crippen LogP contribution in [0.2, 0.25) is 0 Å². The zero-order valence-electron chi connectivity index (χ0n) is 14.2. The minimum atomic E-state index is 0.0559. The molecule has 0 radical (unpaired) electrons. The average molecular weight is 326 g/mol. The number of hydrogen-bond acceptors (Lipinski definition) is 4. The number of fused-ring (bicyclic) bond motifs is 1. The Labute approximate surface area is 142 Å². The Morgan fingerprint density at radius 1 is 1.00 bits per heavy atom. The van der Waals surface area contributed by atoms with Gasteiger partial charge in [-0.15, -0.1) is 0 Å². The van der Waals surface area contributed by atoms with Crippen molar-refractivity contribution < 1.29 is 0 Å². The second-order valence-corrected chi connectivity index (χ2v) is 7.26. The normalized spacial score (nSPS) is 22.9. The second kappa shape index (κ2) is 6.55. The van der Waals surface area contributed by atoms with E-state index in [9.17, 15) is 4.79 Å². The number of nitrogens with two attached hydrogens (primary N) is 1. The first-order valence-corrected chi connectivity index (χ1v) is 9.26. The lowest BCUT2D eigenvalue weighted by atomic mass is 10.1. The predicted molar refractivity (Wildman–Crippen MR) is 97.5 cm³/mol. The predicted octanol–water partition coefficient (Wildman–Crippen LogP) is 2.83.